The van der Waals surface area contributed by atoms with Gasteiger partial charge in [-0.25, -0.2) is 0 Å². The summed E-state index contributed by atoms with van der Waals surface area (Å²) < 4.78 is 12.4. The van der Waals surface area contributed by atoms with Crippen LogP contribution in [0.25, 0.3) is 0 Å². The van der Waals surface area contributed by atoms with Crippen molar-refractivity contribution in [3.63, 3.8) is 0 Å². The topological polar surface area (TPSA) is 109 Å². The fourth-order valence-corrected chi connectivity index (χ4v) is 3.10. The van der Waals surface area contributed by atoms with Gasteiger partial charge in [-0.2, -0.15) is 5.10 Å². The largest absolute Gasteiger partial charge is 0.496 e. The summed E-state index contributed by atoms with van der Waals surface area (Å²) in [7, 11) is 3.01. The fourth-order valence-electron chi connectivity index (χ4n) is 3.10. The zero-order chi connectivity index (χ0) is 21.7. The van der Waals surface area contributed by atoms with Gasteiger partial charge in [-0.1, -0.05) is 6.07 Å². The van der Waals surface area contributed by atoms with Crippen LogP contribution in [0.15, 0.2) is 54.9 Å². The molecule has 0 fully saturated rings. The summed E-state index contributed by atoms with van der Waals surface area (Å²) in [5.41, 5.74) is 1.69. The second-order valence-corrected chi connectivity index (χ2v) is 6.61. The minimum atomic E-state index is -0.551. The van der Waals surface area contributed by atoms with Gasteiger partial charge in [0.25, 0.3) is 11.6 Å². The summed E-state index contributed by atoms with van der Waals surface area (Å²) in [6.07, 6.45) is 3.55. The molecule has 0 saturated heterocycles. The number of hydrogen-bond donors (Lipinski definition) is 1. The highest BCUT2D eigenvalue weighted by Crippen LogP contribution is 2.27. The van der Waals surface area contributed by atoms with E-state index in [1.54, 1.807) is 18.0 Å². The molecule has 3 rings (SSSR count). The van der Waals surface area contributed by atoms with Crippen molar-refractivity contribution in [2.75, 3.05) is 14.2 Å². The van der Waals surface area contributed by atoms with Crippen LogP contribution in [0, 0.1) is 10.1 Å². The SMILES string of the molecule is COc1ccc([C@H](C)NC(=O)c2cc([N+](=O)[O-])ccc2OC)cc1Cn1cccn1. The quantitative estimate of drug-likeness (QED) is 0.451. The monoisotopic (exact) mass is 410 g/mol. The standard InChI is InChI=1S/C21H22N4O5/c1-14(23-21(26)18-12-17(25(27)28)6-8-20(18)30-3)15-5-7-19(29-2)16(11-15)13-24-10-4-9-22-24/h4-12,14H,13H2,1-3H3,(H,23,26)/t14-/m0/s1. The van der Waals surface area contributed by atoms with Gasteiger partial charge in [0.2, 0.25) is 0 Å². The van der Waals surface area contributed by atoms with Crippen LogP contribution in [0.5, 0.6) is 11.5 Å². The van der Waals surface area contributed by atoms with Gasteiger partial charge in [0.1, 0.15) is 11.5 Å². The Morgan fingerprint density at radius 1 is 1.20 bits per heavy atom. The molecular weight excluding hydrogens is 388 g/mol. The van der Waals surface area contributed by atoms with Crippen LogP contribution in [0.3, 0.4) is 0 Å². The van der Waals surface area contributed by atoms with Crippen LogP contribution < -0.4 is 14.8 Å². The lowest BCUT2D eigenvalue weighted by Crippen LogP contribution is -2.27. The number of methoxy groups -OCH3 is 2. The number of rotatable bonds is 8. The predicted molar refractivity (Wildman–Crippen MR) is 110 cm³/mol. The number of nitro groups is 1. The maximum atomic E-state index is 12.8. The van der Waals surface area contributed by atoms with Gasteiger partial charge in [0, 0.05) is 30.1 Å². The van der Waals surface area contributed by atoms with E-state index in [2.05, 4.69) is 10.4 Å². The highest BCUT2D eigenvalue weighted by atomic mass is 16.6. The van der Waals surface area contributed by atoms with Gasteiger partial charge in [-0.15, -0.1) is 0 Å². The Kier molecular flexibility index (Phi) is 6.31. The van der Waals surface area contributed by atoms with Gasteiger partial charge in [-0.05, 0) is 36.8 Å². The van der Waals surface area contributed by atoms with Crippen LogP contribution in [0.4, 0.5) is 5.69 Å². The number of non-ortho nitro benzene ring substituents is 1. The molecule has 1 atom stereocenters. The molecule has 0 aliphatic carbocycles. The number of ether oxygens (including phenoxy) is 2. The Morgan fingerprint density at radius 3 is 2.57 bits per heavy atom. The number of nitrogens with one attached hydrogen (secondary N) is 1. The fraction of sp³-hybridized carbons (Fsp3) is 0.238. The Balaban J connectivity index is 1.83. The molecule has 0 aliphatic rings. The Hall–Kier alpha value is -3.88. The molecule has 3 aromatic rings. The summed E-state index contributed by atoms with van der Waals surface area (Å²) >= 11 is 0. The van der Waals surface area contributed by atoms with Crippen molar-refractivity contribution >= 4 is 11.6 Å². The van der Waals surface area contributed by atoms with Gasteiger partial charge in [0.05, 0.1) is 37.3 Å². The molecule has 0 spiro atoms. The van der Waals surface area contributed by atoms with Crippen LogP contribution >= 0.6 is 0 Å². The maximum Gasteiger partial charge on any atom is 0.270 e. The summed E-state index contributed by atoms with van der Waals surface area (Å²) in [4.78, 5) is 23.3. The molecule has 30 heavy (non-hydrogen) atoms. The lowest BCUT2D eigenvalue weighted by atomic mass is 10.0. The average Bonchev–Trinajstić information content (AvgIpc) is 3.26. The molecule has 0 bridgehead atoms. The molecule has 9 heteroatoms. The predicted octanol–water partition coefficient (Wildman–Crippen LogP) is 3.35. The normalized spacial score (nSPS) is 11.6. The maximum absolute atomic E-state index is 12.8. The number of amides is 1. The summed E-state index contributed by atoms with van der Waals surface area (Å²) in [5.74, 6) is 0.514. The molecule has 0 unspecified atom stereocenters. The smallest absolute Gasteiger partial charge is 0.270 e. The zero-order valence-electron chi connectivity index (χ0n) is 16.9. The van der Waals surface area contributed by atoms with Crippen molar-refractivity contribution < 1.29 is 19.2 Å². The summed E-state index contributed by atoms with van der Waals surface area (Å²) in [6.45, 7) is 2.35. The van der Waals surface area contributed by atoms with Gasteiger partial charge in [-0.3, -0.25) is 19.6 Å². The summed E-state index contributed by atoms with van der Waals surface area (Å²) in [5, 5.41) is 18.1. The van der Waals surface area contributed by atoms with Crippen molar-refractivity contribution in [3.8, 4) is 11.5 Å². The number of nitrogens with zero attached hydrogens (tertiary/aromatic N) is 3. The van der Waals surface area contributed by atoms with E-state index in [-0.39, 0.29) is 23.0 Å². The van der Waals surface area contributed by atoms with Crippen LogP contribution in [0.2, 0.25) is 0 Å². The van der Waals surface area contributed by atoms with Crippen LogP contribution in [-0.4, -0.2) is 34.8 Å². The van der Waals surface area contributed by atoms with E-state index in [9.17, 15) is 14.9 Å². The molecule has 1 heterocycles. The molecule has 0 aliphatic heterocycles. The second kappa shape index (κ2) is 9.08. The first kappa shape index (κ1) is 20.8. The molecule has 9 nitrogen and oxygen atoms in total. The minimum Gasteiger partial charge on any atom is -0.496 e. The molecule has 1 amide bonds. The third-order valence-corrected chi connectivity index (χ3v) is 4.68. The third kappa shape index (κ3) is 4.57. The number of nitro benzene ring substituents is 1. The number of hydrogen-bond acceptors (Lipinski definition) is 6. The molecule has 0 saturated carbocycles. The van der Waals surface area contributed by atoms with E-state index >= 15 is 0 Å². The number of aromatic nitrogens is 2. The summed E-state index contributed by atoms with van der Waals surface area (Å²) in [6, 6.07) is 11.0. The molecule has 0 radical (unpaired) electrons. The number of carbonyl (C=O) groups excluding carboxylic acids is 1. The molecule has 1 N–H and O–H groups in total. The first-order valence-electron chi connectivity index (χ1n) is 9.20. The lowest BCUT2D eigenvalue weighted by molar-refractivity contribution is -0.384. The Bertz CT molecular complexity index is 1050. The number of benzene rings is 2. The van der Waals surface area contributed by atoms with Gasteiger partial charge < -0.3 is 14.8 Å². The number of carbonyl (C=O) groups is 1. The lowest BCUT2D eigenvalue weighted by Gasteiger charge is -2.18. The van der Waals surface area contributed by atoms with E-state index in [0.29, 0.717) is 12.3 Å². The average molecular weight is 410 g/mol. The van der Waals surface area contributed by atoms with Gasteiger partial charge in [0.15, 0.2) is 0 Å². The molecule has 156 valence electrons. The first-order chi connectivity index (χ1) is 14.4. The zero-order valence-corrected chi connectivity index (χ0v) is 16.9. The molecular formula is C21H22N4O5. The third-order valence-electron chi connectivity index (χ3n) is 4.68. The highest BCUT2D eigenvalue weighted by Gasteiger charge is 2.20. The first-order valence-corrected chi connectivity index (χ1v) is 9.20. The minimum absolute atomic E-state index is 0.101. The van der Waals surface area contributed by atoms with Crippen molar-refractivity contribution in [2.45, 2.75) is 19.5 Å². The molecule has 1 aromatic heterocycles. The van der Waals surface area contributed by atoms with Crippen molar-refractivity contribution in [3.05, 3.63) is 81.7 Å². The van der Waals surface area contributed by atoms with E-state index in [4.69, 9.17) is 9.47 Å². The van der Waals surface area contributed by atoms with Gasteiger partial charge >= 0.3 is 0 Å². The van der Waals surface area contributed by atoms with E-state index in [1.165, 1.54) is 25.3 Å². The Morgan fingerprint density at radius 2 is 1.93 bits per heavy atom. The van der Waals surface area contributed by atoms with Crippen LogP contribution in [0.1, 0.15) is 34.5 Å². The highest BCUT2D eigenvalue weighted by molar-refractivity contribution is 5.97. The van der Waals surface area contributed by atoms with Crippen molar-refractivity contribution in [1.82, 2.24) is 15.1 Å². The van der Waals surface area contributed by atoms with Crippen molar-refractivity contribution in [2.24, 2.45) is 0 Å². The molecule has 2 aromatic carbocycles. The van der Waals surface area contributed by atoms with Crippen LogP contribution in [-0.2, 0) is 6.54 Å². The second-order valence-electron chi connectivity index (χ2n) is 6.61. The van der Waals surface area contributed by atoms with E-state index in [0.717, 1.165) is 11.1 Å². The van der Waals surface area contributed by atoms with E-state index < -0.39 is 10.8 Å². The van der Waals surface area contributed by atoms with Crippen molar-refractivity contribution in [1.29, 1.82) is 0 Å². The van der Waals surface area contributed by atoms with E-state index in [1.807, 2.05) is 37.4 Å². The Labute approximate surface area is 173 Å².